The Kier molecular flexibility index (Phi) is 10.2. The summed E-state index contributed by atoms with van der Waals surface area (Å²) in [5, 5.41) is 2.24. The number of thioether (sulfide) groups is 1. The van der Waals surface area contributed by atoms with Crippen LogP contribution in [0.3, 0.4) is 0 Å². The average Bonchev–Trinajstić information content (AvgIpc) is 3.12. The second kappa shape index (κ2) is 13.3. The van der Waals surface area contributed by atoms with Crippen molar-refractivity contribution in [1.82, 2.24) is 4.90 Å². The van der Waals surface area contributed by atoms with Crippen LogP contribution >= 0.6 is 23.4 Å². The van der Waals surface area contributed by atoms with Gasteiger partial charge in [-0.25, -0.2) is 4.79 Å². The maximum absolute atomic E-state index is 12.8. The molecule has 1 aliphatic heterocycles. The summed E-state index contributed by atoms with van der Waals surface area (Å²) >= 11 is 6.88. The van der Waals surface area contributed by atoms with Gasteiger partial charge in [0.15, 0.2) is 0 Å². The number of unbranched alkanes of at least 4 members (excludes halogenated alkanes) is 1. The second-order valence-corrected chi connectivity index (χ2v) is 10.2. The number of amides is 3. The van der Waals surface area contributed by atoms with Gasteiger partial charge in [-0.15, -0.1) is 0 Å². The minimum atomic E-state index is -0.595. The van der Waals surface area contributed by atoms with Crippen LogP contribution in [0.4, 0.5) is 10.5 Å². The summed E-state index contributed by atoms with van der Waals surface area (Å²) in [6.45, 7) is 6.49. The molecule has 0 aromatic heterocycles. The Morgan fingerprint density at radius 3 is 2.54 bits per heavy atom. The fraction of sp³-hybridized carbons (Fsp3) is 0.333. The molecule has 3 rings (SSSR count). The number of halogens is 1. The van der Waals surface area contributed by atoms with Crippen LogP contribution < -0.4 is 10.1 Å². The van der Waals surface area contributed by atoms with Crippen molar-refractivity contribution in [1.29, 1.82) is 0 Å². The van der Waals surface area contributed by atoms with Crippen LogP contribution in [0.25, 0.3) is 6.08 Å². The van der Waals surface area contributed by atoms with Gasteiger partial charge in [-0.1, -0.05) is 50.9 Å². The van der Waals surface area contributed by atoms with Gasteiger partial charge in [0.05, 0.1) is 28.7 Å². The van der Waals surface area contributed by atoms with Crippen molar-refractivity contribution in [3.63, 3.8) is 0 Å². The fourth-order valence-corrected chi connectivity index (χ4v) is 4.23. The van der Waals surface area contributed by atoms with Crippen LogP contribution in [0, 0.1) is 5.92 Å². The van der Waals surface area contributed by atoms with Gasteiger partial charge < -0.3 is 14.8 Å². The van der Waals surface area contributed by atoms with Crippen LogP contribution in [0.5, 0.6) is 5.75 Å². The smallest absolute Gasteiger partial charge is 0.339 e. The van der Waals surface area contributed by atoms with E-state index in [0.29, 0.717) is 18.2 Å². The van der Waals surface area contributed by atoms with E-state index < -0.39 is 29.6 Å². The number of hydrogen-bond acceptors (Lipinski definition) is 7. The molecule has 0 aliphatic carbocycles. The summed E-state index contributed by atoms with van der Waals surface area (Å²) in [5.74, 6) is -0.623. The Hall–Kier alpha value is -3.30. The minimum absolute atomic E-state index is 0.116. The largest absolute Gasteiger partial charge is 0.493 e. The Morgan fingerprint density at radius 2 is 1.86 bits per heavy atom. The molecule has 0 unspecified atom stereocenters. The van der Waals surface area contributed by atoms with Crippen LogP contribution in [0.2, 0.25) is 5.02 Å². The van der Waals surface area contributed by atoms with E-state index in [9.17, 15) is 19.2 Å². The van der Waals surface area contributed by atoms with Crippen LogP contribution in [0.1, 0.15) is 49.5 Å². The van der Waals surface area contributed by atoms with Crippen molar-refractivity contribution in [2.45, 2.75) is 33.6 Å². The molecular formula is C27H29ClN2O6S. The topological polar surface area (TPSA) is 102 Å². The first-order chi connectivity index (χ1) is 17.7. The summed E-state index contributed by atoms with van der Waals surface area (Å²) in [6, 6.07) is 11.6. The van der Waals surface area contributed by atoms with Gasteiger partial charge in [0.1, 0.15) is 12.3 Å². The Bertz CT molecular complexity index is 1200. The van der Waals surface area contributed by atoms with E-state index in [1.807, 2.05) is 6.92 Å². The highest BCUT2D eigenvalue weighted by Crippen LogP contribution is 2.32. The van der Waals surface area contributed by atoms with Gasteiger partial charge in [-0.3, -0.25) is 19.3 Å². The summed E-state index contributed by atoms with van der Waals surface area (Å²) in [5.41, 5.74) is 1.13. The number of anilines is 1. The van der Waals surface area contributed by atoms with Crippen LogP contribution in [0.15, 0.2) is 47.4 Å². The van der Waals surface area contributed by atoms with Crippen molar-refractivity contribution in [2.75, 3.05) is 25.1 Å². The summed E-state index contributed by atoms with van der Waals surface area (Å²) in [4.78, 5) is 51.2. The van der Waals surface area contributed by atoms with E-state index in [4.69, 9.17) is 21.1 Å². The summed E-state index contributed by atoms with van der Waals surface area (Å²) in [7, 11) is 0. The van der Waals surface area contributed by atoms with Gasteiger partial charge in [0, 0.05) is 5.69 Å². The molecule has 0 atom stereocenters. The molecule has 0 bridgehead atoms. The quantitative estimate of drug-likeness (QED) is 0.210. The molecule has 0 radical (unpaired) electrons. The first kappa shape index (κ1) is 28.3. The predicted molar refractivity (Wildman–Crippen MR) is 145 cm³/mol. The maximum Gasteiger partial charge on any atom is 0.339 e. The second-order valence-electron chi connectivity index (χ2n) is 8.77. The molecule has 8 nitrogen and oxygen atoms in total. The predicted octanol–water partition coefficient (Wildman–Crippen LogP) is 6.01. The highest BCUT2D eigenvalue weighted by Gasteiger charge is 2.36. The normalized spacial score (nSPS) is 14.4. The van der Waals surface area contributed by atoms with Crippen molar-refractivity contribution >= 4 is 58.1 Å². The number of imide groups is 1. The Balaban J connectivity index is 1.61. The van der Waals surface area contributed by atoms with Crippen molar-refractivity contribution in [2.24, 2.45) is 5.92 Å². The van der Waals surface area contributed by atoms with E-state index >= 15 is 0 Å². The molecular weight excluding hydrogens is 516 g/mol. The van der Waals surface area contributed by atoms with E-state index in [2.05, 4.69) is 19.2 Å². The number of ether oxygens (including phenoxy) is 2. The first-order valence-corrected chi connectivity index (χ1v) is 13.1. The third-order valence-corrected chi connectivity index (χ3v) is 6.37. The molecule has 1 fully saturated rings. The third kappa shape index (κ3) is 8.10. The standard InChI is InChI=1S/C27H29ClN2O6S/c1-4-5-12-35-26(33)21-14-19(8-11-22(21)28)29-24(31)15-30-25(32)23(37-27(30)34)13-18-6-9-20(10-7-18)36-16-17(2)3/h6-11,13-14,17H,4-5,12,15-16H2,1-3H3,(H,29,31)/b23-13-. The average molecular weight is 545 g/mol. The SMILES string of the molecule is CCCCOC(=O)c1cc(NC(=O)CN2C(=O)S/C(=C\c3ccc(OCC(C)C)cc3)C2=O)ccc1Cl. The van der Waals surface area contributed by atoms with E-state index in [1.165, 1.54) is 18.2 Å². The lowest BCUT2D eigenvalue weighted by Crippen LogP contribution is -2.36. The van der Waals surface area contributed by atoms with E-state index in [0.717, 1.165) is 40.8 Å². The number of nitrogens with zero attached hydrogens (tertiary/aromatic N) is 1. The molecule has 0 spiro atoms. The lowest BCUT2D eigenvalue weighted by atomic mass is 10.2. The molecule has 37 heavy (non-hydrogen) atoms. The number of carbonyl (C=O) groups is 4. The summed E-state index contributed by atoms with van der Waals surface area (Å²) < 4.78 is 10.8. The molecule has 196 valence electrons. The molecule has 1 aliphatic rings. The number of esters is 1. The van der Waals surface area contributed by atoms with Crippen molar-refractivity contribution in [3.05, 3.63) is 63.5 Å². The molecule has 1 heterocycles. The van der Waals surface area contributed by atoms with E-state index in [-0.39, 0.29) is 22.1 Å². The number of benzene rings is 2. The van der Waals surface area contributed by atoms with Gasteiger partial charge in [-0.2, -0.15) is 0 Å². The number of carbonyl (C=O) groups excluding carboxylic acids is 4. The highest BCUT2D eigenvalue weighted by molar-refractivity contribution is 8.18. The van der Waals surface area contributed by atoms with Crippen molar-refractivity contribution < 1.29 is 28.7 Å². The minimum Gasteiger partial charge on any atom is -0.493 e. The molecule has 2 aromatic carbocycles. The molecule has 1 N–H and O–H groups in total. The monoisotopic (exact) mass is 544 g/mol. The number of rotatable bonds is 11. The van der Waals surface area contributed by atoms with Crippen molar-refractivity contribution in [3.8, 4) is 5.75 Å². The van der Waals surface area contributed by atoms with E-state index in [1.54, 1.807) is 30.3 Å². The molecule has 2 aromatic rings. The first-order valence-electron chi connectivity index (χ1n) is 11.9. The van der Waals surface area contributed by atoms with Gasteiger partial charge >= 0.3 is 5.97 Å². The maximum atomic E-state index is 12.8. The zero-order chi connectivity index (χ0) is 26.9. The third-order valence-electron chi connectivity index (χ3n) is 5.14. The van der Waals surface area contributed by atoms with Crippen LogP contribution in [-0.4, -0.2) is 47.7 Å². The van der Waals surface area contributed by atoms with Gasteiger partial charge in [0.2, 0.25) is 5.91 Å². The Labute approximate surface area is 225 Å². The molecule has 3 amide bonds. The number of nitrogens with one attached hydrogen (secondary N) is 1. The fourth-order valence-electron chi connectivity index (χ4n) is 3.20. The Morgan fingerprint density at radius 1 is 1.14 bits per heavy atom. The highest BCUT2D eigenvalue weighted by atomic mass is 35.5. The zero-order valence-corrected chi connectivity index (χ0v) is 22.5. The lowest BCUT2D eigenvalue weighted by molar-refractivity contribution is -0.127. The number of hydrogen-bond donors (Lipinski definition) is 1. The zero-order valence-electron chi connectivity index (χ0n) is 20.9. The van der Waals surface area contributed by atoms with Crippen LogP contribution in [-0.2, 0) is 14.3 Å². The molecule has 10 heteroatoms. The molecule has 0 saturated carbocycles. The summed E-state index contributed by atoms with van der Waals surface area (Å²) in [6.07, 6.45) is 3.20. The van der Waals surface area contributed by atoms with Gasteiger partial charge in [-0.05, 0) is 66.1 Å². The molecule has 1 saturated heterocycles. The lowest BCUT2D eigenvalue weighted by Gasteiger charge is -2.13. The van der Waals surface area contributed by atoms with Gasteiger partial charge in [0.25, 0.3) is 11.1 Å².